The maximum atomic E-state index is 13.5. The lowest BCUT2D eigenvalue weighted by Crippen LogP contribution is -2.27. The molecule has 5 aromatic rings. The fourth-order valence-corrected chi connectivity index (χ4v) is 4.52. The lowest BCUT2D eigenvalue weighted by Gasteiger charge is -2.16. The van der Waals surface area contributed by atoms with E-state index in [4.69, 9.17) is 4.98 Å². The van der Waals surface area contributed by atoms with Gasteiger partial charge in [-0.1, -0.05) is 74.5 Å². The Morgan fingerprint density at radius 3 is 2.28 bits per heavy atom. The molecule has 0 aliphatic carbocycles. The van der Waals surface area contributed by atoms with Gasteiger partial charge >= 0.3 is 0 Å². The number of hydrogen-bond donors (Lipinski definition) is 1. The lowest BCUT2D eigenvalue weighted by atomic mass is 10.0. The summed E-state index contributed by atoms with van der Waals surface area (Å²) < 4.78 is 1.92. The van der Waals surface area contributed by atoms with Gasteiger partial charge in [0.25, 0.3) is 5.91 Å². The van der Waals surface area contributed by atoms with Crippen LogP contribution in [0.3, 0.4) is 0 Å². The number of para-hydroxylation sites is 1. The molecular formula is C31H30N4O. The summed E-state index contributed by atoms with van der Waals surface area (Å²) in [5, 5.41) is 8.64. The monoisotopic (exact) mass is 474 g/mol. The molecular weight excluding hydrogens is 444 g/mol. The van der Waals surface area contributed by atoms with Gasteiger partial charge in [0.1, 0.15) is 0 Å². The molecule has 1 amide bonds. The first-order valence-corrected chi connectivity index (χ1v) is 12.3. The second-order valence-electron chi connectivity index (χ2n) is 9.48. The molecule has 0 aliphatic heterocycles. The minimum atomic E-state index is -0.125. The van der Waals surface area contributed by atoms with Gasteiger partial charge in [0.05, 0.1) is 40.4 Å². The summed E-state index contributed by atoms with van der Waals surface area (Å²) in [6.07, 6.45) is 1.83. The van der Waals surface area contributed by atoms with Gasteiger partial charge in [0.2, 0.25) is 0 Å². The van der Waals surface area contributed by atoms with E-state index in [2.05, 4.69) is 48.5 Å². The first-order valence-electron chi connectivity index (χ1n) is 12.3. The largest absolute Gasteiger partial charge is 0.345 e. The highest BCUT2D eigenvalue weighted by atomic mass is 16.1. The van der Waals surface area contributed by atoms with Gasteiger partial charge in [-0.05, 0) is 55.2 Å². The van der Waals surface area contributed by atoms with Crippen LogP contribution in [0.1, 0.15) is 59.9 Å². The Bertz CT molecular complexity index is 1520. The van der Waals surface area contributed by atoms with Crippen LogP contribution in [-0.4, -0.2) is 20.7 Å². The standard InChI is InChI=1S/C31H30N4O/c1-20(2)23-14-16-25(17-15-23)35-22(4)28(19-32-35)30-18-27(26-12-8-9-13-29(26)34-30)31(36)33-21(3)24-10-6-5-7-11-24/h5-21H,1-4H3,(H,33,36)/t21-/m0/s1. The third-order valence-corrected chi connectivity index (χ3v) is 6.70. The zero-order valence-corrected chi connectivity index (χ0v) is 21.1. The van der Waals surface area contributed by atoms with Crippen molar-refractivity contribution in [3.63, 3.8) is 0 Å². The summed E-state index contributed by atoms with van der Waals surface area (Å²) in [6, 6.07) is 28.0. The second kappa shape index (κ2) is 9.78. The molecule has 5 heteroatoms. The summed E-state index contributed by atoms with van der Waals surface area (Å²) in [6.45, 7) is 8.40. The molecule has 180 valence electrons. The van der Waals surface area contributed by atoms with E-state index in [0.29, 0.717) is 11.5 Å². The van der Waals surface area contributed by atoms with Crippen LogP contribution in [0.25, 0.3) is 27.8 Å². The number of pyridine rings is 1. The fraction of sp³-hybridized carbons (Fsp3) is 0.194. The number of benzene rings is 3. The normalized spacial score (nSPS) is 12.1. The van der Waals surface area contributed by atoms with Crippen molar-refractivity contribution < 1.29 is 4.79 Å². The third-order valence-electron chi connectivity index (χ3n) is 6.70. The highest BCUT2D eigenvalue weighted by Gasteiger charge is 2.19. The average molecular weight is 475 g/mol. The van der Waals surface area contributed by atoms with E-state index in [9.17, 15) is 4.79 Å². The van der Waals surface area contributed by atoms with Gasteiger partial charge in [-0.3, -0.25) is 4.79 Å². The zero-order valence-electron chi connectivity index (χ0n) is 21.1. The predicted octanol–water partition coefficient (Wildman–Crippen LogP) is 7.01. The fourth-order valence-electron chi connectivity index (χ4n) is 4.52. The van der Waals surface area contributed by atoms with Crippen molar-refractivity contribution in [2.75, 3.05) is 0 Å². The summed E-state index contributed by atoms with van der Waals surface area (Å²) >= 11 is 0. The number of nitrogens with one attached hydrogen (secondary N) is 1. The van der Waals surface area contributed by atoms with Gasteiger partial charge in [0.15, 0.2) is 0 Å². The molecule has 0 aliphatic rings. The summed E-state index contributed by atoms with van der Waals surface area (Å²) in [4.78, 5) is 18.4. The Kier molecular flexibility index (Phi) is 6.38. The van der Waals surface area contributed by atoms with Crippen LogP contribution < -0.4 is 5.32 Å². The molecule has 0 bridgehead atoms. The molecule has 0 unspecified atom stereocenters. The molecule has 36 heavy (non-hydrogen) atoms. The molecule has 0 saturated heterocycles. The first-order chi connectivity index (χ1) is 17.4. The zero-order chi connectivity index (χ0) is 25.2. The van der Waals surface area contributed by atoms with Gasteiger partial charge < -0.3 is 5.32 Å². The predicted molar refractivity (Wildman–Crippen MR) is 145 cm³/mol. The Labute approximate surface area is 211 Å². The molecule has 0 saturated carbocycles. The van der Waals surface area contributed by atoms with Crippen molar-refractivity contribution in [2.24, 2.45) is 0 Å². The van der Waals surface area contributed by atoms with Crippen LogP contribution >= 0.6 is 0 Å². The van der Waals surface area contributed by atoms with E-state index in [-0.39, 0.29) is 11.9 Å². The minimum Gasteiger partial charge on any atom is -0.345 e. The van der Waals surface area contributed by atoms with E-state index in [1.807, 2.05) is 85.4 Å². The van der Waals surface area contributed by atoms with E-state index in [1.165, 1.54) is 5.56 Å². The number of hydrogen-bond acceptors (Lipinski definition) is 3. The minimum absolute atomic E-state index is 0.118. The maximum absolute atomic E-state index is 13.5. The number of fused-ring (bicyclic) bond motifs is 1. The van der Waals surface area contributed by atoms with Crippen molar-refractivity contribution in [1.29, 1.82) is 0 Å². The number of nitrogens with zero attached hydrogens (tertiary/aromatic N) is 3. The Balaban J connectivity index is 1.53. The van der Waals surface area contributed by atoms with Gasteiger partial charge in [0, 0.05) is 10.9 Å². The lowest BCUT2D eigenvalue weighted by molar-refractivity contribution is 0.0941. The number of carbonyl (C=O) groups excluding carboxylic acids is 1. The van der Waals surface area contributed by atoms with Crippen LogP contribution in [0.2, 0.25) is 0 Å². The average Bonchev–Trinajstić information content (AvgIpc) is 3.29. The van der Waals surface area contributed by atoms with Crippen molar-refractivity contribution in [3.05, 3.63) is 114 Å². The molecule has 1 N–H and O–H groups in total. The van der Waals surface area contributed by atoms with E-state index >= 15 is 0 Å². The van der Waals surface area contributed by atoms with Crippen molar-refractivity contribution >= 4 is 16.8 Å². The van der Waals surface area contributed by atoms with Crippen LogP contribution in [0.5, 0.6) is 0 Å². The Hall–Kier alpha value is -4.25. The molecule has 5 rings (SSSR count). The van der Waals surface area contributed by atoms with Gasteiger partial charge in [-0.2, -0.15) is 5.10 Å². The molecule has 0 fully saturated rings. The highest BCUT2D eigenvalue weighted by Crippen LogP contribution is 2.29. The van der Waals surface area contributed by atoms with Crippen LogP contribution in [-0.2, 0) is 0 Å². The molecule has 5 nitrogen and oxygen atoms in total. The SMILES string of the molecule is Cc1c(-c2cc(C(=O)N[C@@H](C)c3ccccc3)c3ccccc3n2)cnn1-c1ccc(C(C)C)cc1. The van der Waals surface area contributed by atoms with Crippen molar-refractivity contribution in [3.8, 4) is 16.9 Å². The molecule has 0 spiro atoms. The maximum Gasteiger partial charge on any atom is 0.252 e. The molecule has 2 aromatic heterocycles. The third kappa shape index (κ3) is 4.52. The van der Waals surface area contributed by atoms with Gasteiger partial charge in [-0.15, -0.1) is 0 Å². The van der Waals surface area contributed by atoms with Crippen molar-refractivity contribution in [2.45, 2.75) is 39.7 Å². The molecule has 0 radical (unpaired) electrons. The summed E-state index contributed by atoms with van der Waals surface area (Å²) in [5.41, 5.74) is 7.34. The van der Waals surface area contributed by atoms with Crippen molar-refractivity contribution in [1.82, 2.24) is 20.1 Å². The number of rotatable bonds is 6. The molecule has 3 aromatic carbocycles. The summed E-state index contributed by atoms with van der Waals surface area (Å²) in [5.74, 6) is 0.352. The van der Waals surface area contributed by atoms with E-state index < -0.39 is 0 Å². The topological polar surface area (TPSA) is 59.8 Å². The Morgan fingerprint density at radius 2 is 1.56 bits per heavy atom. The number of carbonyl (C=O) groups is 1. The second-order valence-corrected chi connectivity index (χ2v) is 9.48. The smallest absolute Gasteiger partial charge is 0.252 e. The van der Waals surface area contributed by atoms with Crippen LogP contribution in [0, 0.1) is 6.92 Å². The summed E-state index contributed by atoms with van der Waals surface area (Å²) in [7, 11) is 0. The molecule has 1 atom stereocenters. The highest BCUT2D eigenvalue weighted by molar-refractivity contribution is 6.07. The molecule has 2 heterocycles. The number of amides is 1. The van der Waals surface area contributed by atoms with E-state index in [1.54, 1.807) is 0 Å². The van der Waals surface area contributed by atoms with Crippen LogP contribution in [0.15, 0.2) is 91.1 Å². The van der Waals surface area contributed by atoms with Crippen LogP contribution in [0.4, 0.5) is 0 Å². The quantitative estimate of drug-likeness (QED) is 0.288. The van der Waals surface area contributed by atoms with Gasteiger partial charge in [-0.25, -0.2) is 9.67 Å². The van der Waals surface area contributed by atoms with E-state index in [0.717, 1.165) is 39.1 Å². The first kappa shape index (κ1) is 23.5. The Morgan fingerprint density at radius 1 is 0.861 bits per heavy atom. The number of aromatic nitrogens is 3.